The fourth-order valence-corrected chi connectivity index (χ4v) is 3.06. The van der Waals surface area contributed by atoms with Crippen LogP contribution in [0.2, 0.25) is 0 Å². The molecule has 3 atom stereocenters. The Hall–Kier alpha value is -1.95. The van der Waals surface area contributed by atoms with Crippen molar-refractivity contribution in [1.82, 2.24) is 0 Å². The van der Waals surface area contributed by atoms with Gasteiger partial charge in [0.2, 0.25) is 0 Å². The minimum absolute atomic E-state index is 0.386. The van der Waals surface area contributed by atoms with E-state index in [1.54, 1.807) is 17.8 Å². The van der Waals surface area contributed by atoms with E-state index in [1.165, 1.54) is 20.1 Å². The summed E-state index contributed by atoms with van der Waals surface area (Å²) >= 11 is 1.59. The molecule has 0 unspecified atom stereocenters. The maximum atomic E-state index is 11.3. The zero-order valence-electron chi connectivity index (χ0n) is 12.4. The van der Waals surface area contributed by atoms with Crippen LogP contribution in [0.1, 0.15) is 13.8 Å². The maximum Gasteiger partial charge on any atom is 0.303 e. The van der Waals surface area contributed by atoms with Gasteiger partial charge in [0.25, 0.3) is 0 Å². The fraction of sp³-hybridized carbons (Fsp3) is 0.375. The molecule has 22 heavy (non-hydrogen) atoms. The number of esters is 2. The number of ether oxygens (including phenoxy) is 3. The van der Waals surface area contributed by atoms with Crippen molar-refractivity contribution in [3.05, 3.63) is 42.7 Å². The van der Waals surface area contributed by atoms with Crippen LogP contribution in [0.4, 0.5) is 0 Å². The molecule has 1 aliphatic heterocycles. The SMILES string of the molecule is CC(=O)O[C@H]1[C@H](OC(C)=O)C=CO[C@@H]1CSc1ccccc1. The van der Waals surface area contributed by atoms with Crippen molar-refractivity contribution in [2.75, 3.05) is 5.75 Å². The first-order valence-corrected chi connectivity index (χ1v) is 7.89. The number of carbonyl (C=O) groups excluding carboxylic acids is 2. The van der Waals surface area contributed by atoms with Crippen LogP contribution in [-0.4, -0.2) is 36.0 Å². The number of benzene rings is 1. The average molecular weight is 322 g/mol. The molecular weight excluding hydrogens is 304 g/mol. The summed E-state index contributed by atoms with van der Waals surface area (Å²) in [6.07, 6.45) is 1.41. The van der Waals surface area contributed by atoms with Crippen molar-refractivity contribution < 1.29 is 23.8 Å². The van der Waals surface area contributed by atoms with Crippen LogP contribution in [0.3, 0.4) is 0 Å². The smallest absolute Gasteiger partial charge is 0.303 e. The van der Waals surface area contributed by atoms with Crippen LogP contribution in [-0.2, 0) is 23.8 Å². The number of carbonyl (C=O) groups is 2. The van der Waals surface area contributed by atoms with Gasteiger partial charge in [-0.05, 0) is 18.2 Å². The van der Waals surface area contributed by atoms with Gasteiger partial charge >= 0.3 is 11.9 Å². The van der Waals surface area contributed by atoms with Crippen LogP contribution >= 0.6 is 11.8 Å². The summed E-state index contributed by atoms with van der Waals surface area (Å²) in [4.78, 5) is 23.6. The second-order valence-corrected chi connectivity index (χ2v) is 5.87. The first kappa shape index (κ1) is 16.4. The van der Waals surface area contributed by atoms with Crippen LogP contribution in [0.5, 0.6) is 0 Å². The van der Waals surface area contributed by atoms with Crippen molar-refractivity contribution in [3.8, 4) is 0 Å². The summed E-state index contributed by atoms with van der Waals surface area (Å²) < 4.78 is 16.0. The lowest BCUT2D eigenvalue weighted by molar-refractivity contribution is -0.171. The van der Waals surface area contributed by atoms with Crippen LogP contribution in [0.15, 0.2) is 47.6 Å². The lowest BCUT2D eigenvalue weighted by Crippen LogP contribution is -2.46. The third kappa shape index (κ3) is 4.80. The number of rotatable bonds is 5. The summed E-state index contributed by atoms with van der Waals surface area (Å²) in [7, 11) is 0. The van der Waals surface area contributed by atoms with Crippen LogP contribution in [0.25, 0.3) is 0 Å². The lowest BCUT2D eigenvalue weighted by atomic mass is 10.1. The van der Waals surface area contributed by atoms with Gasteiger partial charge in [-0.2, -0.15) is 0 Å². The molecule has 1 heterocycles. The summed E-state index contributed by atoms with van der Waals surface area (Å²) in [5, 5.41) is 0. The van der Waals surface area contributed by atoms with Crippen LogP contribution in [0, 0.1) is 0 Å². The third-order valence-corrected chi connectivity index (χ3v) is 4.07. The quantitative estimate of drug-likeness (QED) is 0.613. The molecule has 0 aliphatic carbocycles. The number of thioether (sulfide) groups is 1. The molecule has 0 amide bonds. The van der Waals surface area contributed by atoms with E-state index in [-0.39, 0.29) is 6.10 Å². The fourth-order valence-electron chi connectivity index (χ4n) is 2.08. The molecule has 0 N–H and O–H groups in total. The van der Waals surface area contributed by atoms with E-state index in [0.29, 0.717) is 5.75 Å². The van der Waals surface area contributed by atoms with Crippen molar-refractivity contribution in [1.29, 1.82) is 0 Å². The molecule has 118 valence electrons. The van der Waals surface area contributed by atoms with Crippen molar-refractivity contribution in [2.45, 2.75) is 37.1 Å². The van der Waals surface area contributed by atoms with E-state index in [0.717, 1.165) is 4.90 Å². The number of hydrogen-bond donors (Lipinski definition) is 0. The Labute approximate surface area is 133 Å². The Morgan fingerprint density at radius 3 is 2.45 bits per heavy atom. The van der Waals surface area contributed by atoms with Gasteiger partial charge < -0.3 is 14.2 Å². The van der Waals surface area contributed by atoms with Crippen molar-refractivity contribution >= 4 is 23.7 Å². The molecule has 0 spiro atoms. The van der Waals surface area contributed by atoms with Gasteiger partial charge in [-0.1, -0.05) is 18.2 Å². The van der Waals surface area contributed by atoms with E-state index in [2.05, 4.69) is 0 Å². The van der Waals surface area contributed by atoms with Crippen LogP contribution < -0.4 is 0 Å². The lowest BCUT2D eigenvalue weighted by Gasteiger charge is -2.33. The highest BCUT2D eigenvalue weighted by Crippen LogP contribution is 2.26. The Kier molecular flexibility index (Phi) is 5.89. The molecule has 0 aromatic heterocycles. The summed E-state index contributed by atoms with van der Waals surface area (Å²) in [5.74, 6) is -0.289. The van der Waals surface area contributed by atoms with Crippen molar-refractivity contribution in [2.24, 2.45) is 0 Å². The summed E-state index contributed by atoms with van der Waals surface area (Å²) in [6, 6.07) is 9.84. The molecule has 0 radical (unpaired) electrons. The van der Waals surface area contributed by atoms with Gasteiger partial charge in [-0.15, -0.1) is 11.8 Å². The predicted octanol–water partition coefficient (Wildman–Crippen LogP) is 2.55. The number of hydrogen-bond acceptors (Lipinski definition) is 6. The average Bonchev–Trinajstić information content (AvgIpc) is 2.48. The second kappa shape index (κ2) is 7.89. The van der Waals surface area contributed by atoms with Gasteiger partial charge in [0.05, 0.1) is 6.26 Å². The monoisotopic (exact) mass is 322 g/mol. The molecule has 0 saturated carbocycles. The highest BCUT2D eigenvalue weighted by atomic mass is 32.2. The van der Waals surface area contributed by atoms with Gasteiger partial charge in [0, 0.05) is 24.5 Å². The normalized spacial score (nSPS) is 23.5. The van der Waals surface area contributed by atoms with E-state index in [4.69, 9.17) is 14.2 Å². The van der Waals surface area contributed by atoms with Gasteiger partial charge in [0.1, 0.15) is 6.10 Å². The largest absolute Gasteiger partial charge is 0.493 e. The highest BCUT2D eigenvalue weighted by Gasteiger charge is 2.37. The zero-order valence-corrected chi connectivity index (χ0v) is 13.2. The second-order valence-electron chi connectivity index (χ2n) is 4.78. The van der Waals surface area contributed by atoms with Gasteiger partial charge in [-0.25, -0.2) is 0 Å². The Morgan fingerprint density at radius 2 is 1.82 bits per heavy atom. The first-order chi connectivity index (χ1) is 10.6. The molecule has 1 aromatic rings. The first-order valence-electron chi connectivity index (χ1n) is 6.90. The molecule has 1 aliphatic rings. The third-order valence-electron chi connectivity index (χ3n) is 2.97. The topological polar surface area (TPSA) is 61.8 Å². The molecule has 5 nitrogen and oxygen atoms in total. The van der Waals surface area contributed by atoms with E-state index < -0.39 is 24.1 Å². The molecular formula is C16H18O5S. The molecule has 0 bridgehead atoms. The molecule has 2 rings (SSSR count). The zero-order chi connectivity index (χ0) is 15.9. The minimum atomic E-state index is -0.650. The Bertz CT molecular complexity index is 543. The minimum Gasteiger partial charge on any atom is -0.493 e. The van der Waals surface area contributed by atoms with E-state index in [1.807, 2.05) is 30.3 Å². The Morgan fingerprint density at radius 1 is 1.14 bits per heavy atom. The standard InChI is InChI=1S/C16H18O5S/c1-11(17)20-14-8-9-19-15(16(14)21-12(2)18)10-22-13-6-4-3-5-7-13/h3-9,14-16H,10H2,1-2H3/t14-,15-,16+/m1/s1. The highest BCUT2D eigenvalue weighted by molar-refractivity contribution is 7.99. The summed E-state index contributed by atoms with van der Waals surface area (Å²) in [5.41, 5.74) is 0. The predicted molar refractivity (Wildman–Crippen MR) is 82.3 cm³/mol. The maximum absolute atomic E-state index is 11.3. The molecule has 0 fully saturated rings. The van der Waals surface area contributed by atoms with E-state index in [9.17, 15) is 9.59 Å². The van der Waals surface area contributed by atoms with Crippen molar-refractivity contribution in [3.63, 3.8) is 0 Å². The molecule has 0 saturated heterocycles. The summed E-state index contributed by atoms with van der Waals surface area (Å²) in [6.45, 7) is 2.65. The van der Waals surface area contributed by atoms with Gasteiger partial charge in [-0.3, -0.25) is 9.59 Å². The Balaban J connectivity index is 2.05. The van der Waals surface area contributed by atoms with Gasteiger partial charge in [0.15, 0.2) is 12.2 Å². The molecule has 1 aromatic carbocycles. The molecule has 6 heteroatoms. The van der Waals surface area contributed by atoms with E-state index >= 15 is 0 Å².